The van der Waals surface area contributed by atoms with E-state index in [-0.39, 0.29) is 12.7 Å². The van der Waals surface area contributed by atoms with Gasteiger partial charge in [-0.2, -0.15) is 0 Å². The molecule has 0 bridgehead atoms. The van der Waals surface area contributed by atoms with E-state index in [1.54, 1.807) is 42.1 Å². The van der Waals surface area contributed by atoms with Crippen LogP contribution in [-0.2, 0) is 6.54 Å². The van der Waals surface area contributed by atoms with E-state index in [1.165, 1.54) is 0 Å². The van der Waals surface area contributed by atoms with Crippen LogP contribution in [0, 0.1) is 24.0 Å². The standard InChI is InChI=1S/C23H24N4O5/c1-16(29)23-24-8-9-27(23)11-18-10-21(32-25-18)7-4-17-2-5-20(6-3-17)31-22-13-26(14-22)12-19(30)15-28/h2,5,8-10,16,19,22,28-30H,11-15H2,1H3/t16-,19?/m0/s1. The van der Waals surface area contributed by atoms with E-state index in [0.717, 1.165) is 0 Å². The van der Waals surface area contributed by atoms with Crippen LogP contribution in [0.3, 0.4) is 0 Å². The maximum absolute atomic E-state index is 9.74. The molecule has 9 nitrogen and oxygen atoms in total. The molecule has 1 saturated heterocycles. The molecule has 1 aliphatic rings. The first-order valence-corrected chi connectivity index (χ1v) is 10.3. The molecule has 0 aliphatic carbocycles. The number of aromatic nitrogens is 3. The maximum atomic E-state index is 9.74. The van der Waals surface area contributed by atoms with Crippen LogP contribution in [0.4, 0.5) is 0 Å². The Morgan fingerprint density at radius 1 is 1.28 bits per heavy atom. The Morgan fingerprint density at radius 3 is 2.84 bits per heavy atom. The van der Waals surface area contributed by atoms with Gasteiger partial charge < -0.3 is 29.1 Å². The SMILES string of the molecule is C[C@H](O)c1nccn1Cc1cc(C#Cc2c#cc(OC3CN(CC(O)CO)C3)cc2)on1. The summed E-state index contributed by atoms with van der Waals surface area (Å²) in [5, 5.41) is 32.1. The van der Waals surface area contributed by atoms with E-state index in [0.29, 0.717) is 54.8 Å². The van der Waals surface area contributed by atoms with Crippen molar-refractivity contribution in [3.63, 3.8) is 0 Å². The van der Waals surface area contributed by atoms with Crippen LogP contribution < -0.4 is 4.74 Å². The van der Waals surface area contributed by atoms with Crippen LogP contribution in [-0.4, -0.2) is 73.4 Å². The van der Waals surface area contributed by atoms with Crippen molar-refractivity contribution >= 4 is 0 Å². The maximum Gasteiger partial charge on any atom is 0.210 e. The summed E-state index contributed by atoms with van der Waals surface area (Å²) in [5.41, 5.74) is 1.32. The number of aliphatic hydroxyl groups is 3. The van der Waals surface area contributed by atoms with Gasteiger partial charge in [0.15, 0.2) is 5.75 Å². The van der Waals surface area contributed by atoms with Crippen LogP contribution in [0.2, 0.25) is 0 Å². The predicted molar refractivity (Wildman–Crippen MR) is 113 cm³/mol. The number of imidazole rings is 1. The largest absolute Gasteiger partial charge is 0.480 e. The molecule has 0 amide bonds. The third-order valence-electron chi connectivity index (χ3n) is 4.95. The molecule has 1 unspecified atom stereocenters. The highest BCUT2D eigenvalue weighted by molar-refractivity contribution is 5.38. The second kappa shape index (κ2) is 9.86. The summed E-state index contributed by atoms with van der Waals surface area (Å²) in [6.45, 7) is 3.67. The van der Waals surface area contributed by atoms with Gasteiger partial charge in [-0.1, -0.05) is 5.16 Å². The summed E-state index contributed by atoms with van der Waals surface area (Å²) in [7, 11) is 0. The van der Waals surface area contributed by atoms with Crippen LogP contribution in [0.25, 0.3) is 0 Å². The van der Waals surface area contributed by atoms with Crippen molar-refractivity contribution in [2.24, 2.45) is 0 Å². The minimum atomic E-state index is -0.721. The smallest absolute Gasteiger partial charge is 0.210 e. The van der Waals surface area contributed by atoms with Gasteiger partial charge in [0.2, 0.25) is 5.76 Å². The minimum Gasteiger partial charge on any atom is -0.480 e. The van der Waals surface area contributed by atoms with Crippen molar-refractivity contribution in [3.05, 3.63) is 65.6 Å². The molecule has 0 spiro atoms. The molecule has 4 rings (SSSR count). The third-order valence-corrected chi connectivity index (χ3v) is 4.95. The molecular formula is C23H24N4O5. The lowest BCUT2D eigenvalue weighted by Crippen LogP contribution is -2.56. The van der Waals surface area contributed by atoms with E-state index in [4.69, 9.17) is 14.4 Å². The molecule has 1 aliphatic heterocycles. The van der Waals surface area contributed by atoms with Gasteiger partial charge in [-0.3, -0.25) is 4.90 Å². The molecule has 3 aromatic rings. The minimum absolute atomic E-state index is 0.0277. The van der Waals surface area contributed by atoms with Gasteiger partial charge in [0, 0.05) is 38.1 Å². The Hall–Kier alpha value is -3.34. The number of aliphatic hydroxyl groups excluding tert-OH is 3. The van der Waals surface area contributed by atoms with E-state index >= 15 is 0 Å². The number of nitrogens with zero attached hydrogens (tertiary/aromatic N) is 4. The van der Waals surface area contributed by atoms with Crippen LogP contribution >= 0.6 is 0 Å². The average molecular weight is 436 g/mol. The second-order valence-electron chi connectivity index (χ2n) is 7.68. The van der Waals surface area contributed by atoms with Gasteiger partial charge in [-0.05, 0) is 43.0 Å². The zero-order valence-corrected chi connectivity index (χ0v) is 17.6. The first-order chi connectivity index (χ1) is 15.5. The number of hydrogen-bond donors (Lipinski definition) is 3. The van der Waals surface area contributed by atoms with Gasteiger partial charge in [0.25, 0.3) is 0 Å². The Kier molecular flexibility index (Phi) is 6.74. The van der Waals surface area contributed by atoms with E-state index in [2.05, 4.69) is 34.1 Å². The molecule has 2 atom stereocenters. The molecule has 2 aromatic heterocycles. The van der Waals surface area contributed by atoms with Gasteiger partial charge in [0.05, 0.1) is 24.8 Å². The van der Waals surface area contributed by atoms with Crippen molar-refractivity contribution in [2.75, 3.05) is 26.2 Å². The average Bonchev–Trinajstić information content (AvgIpc) is 3.41. The zero-order valence-electron chi connectivity index (χ0n) is 17.6. The highest BCUT2D eigenvalue weighted by Crippen LogP contribution is 2.17. The van der Waals surface area contributed by atoms with Crippen molar-refractivity contribution in [1.29, 1.82) is 0 Å². The Morgan fingerprint density at radius 2 is 2.12 bits per heavy atom. The van der Waals surface area contributed by atoms with E-state index < -0.39 is 12.2 Å². The summed E-state index contributed by atoms with van der Waals surface area (Å²) in [5.74, 6) is 7.44. The lowest BCUT2D eigenvalue weighted by molar-refractivity contribution is -0.0201. The number of ether oxygens (including phenoxy) is 1. The summed E-state index contributed by atoms with van der Waals surface area (Å²) in [6.07, 6.45) is 2.04. The van der Waals surface area contributed by atoms with E-state index in [9.17, 15) is 10.2 Å². The fourth-order valence-corrected chi connectivity index (χ4v) is 3.37. The van der Waals surface area contributed by atoms with Gasteiger partial charge in [0.1, 0.15) is 23.7 Å². The third kappa shape index (κ3) is 5.47. The molecule has 166 valence electrons. The molecule has 0 radical (unpaired) electrons. The van der Waals surface area contributed by atoms with Crippen LogP contribution in [0.5, 0.6) is 5.75 Å². The van der Waals surface area contributed by atoms with Crippen molar-refractivity contribution < 1.29 is 24.6 Å². The van der Waals surface area contributed by atoms with Crippen LogP contribution in [0.15, 0.2) is 35.1 Å². The second-order valence-corrected chi connectivity index (χ2v) is 7.68. The molecule has 3 N–H and O–H groups in total. The van der Waals surface area contributed by atoms with Gasteiger partial charge >= 0.3 is 0 Å². The topological polar surface area (TPSA) is 117 Å². The van der Waals surface area contributed by atoms with Crippen molar-refractivity contribution in [1.82, 2.24) is 19.6 Å². The first-order valence-electron chi connectivity index (χ1n) is 10.3. The highest BCUT2D eigenvalue weighted by atomic mass is 16.5. The zero-order chi connectivity index (χ0) is 22.5. The summed E-state index contributed by atoms with van der Waals surface area (Å²) >= 11 is 0. The first kappa shape index (κ1) is 21.9. The molecule has 32 heavy (non-hydrogen) atoms. The van der Waals surface area contributed by atoms with Gasteiger partial charge in [-0.25, -0.2) is 4.98 Å². The normalized spacial score (nSPS) is 15.9. The summed E-state index contributed by atoms with van der Waals surface area (Å²) < 4.78 is 12.9. The van der Waals surface area contributed by atoms with Crippen molar-refractivity contribution in [2.45, 2.75) is 31.8 Å². The quantitative estimate of drug-likeness (QED) is 0.434. The Labute approximate surface area is 185 Å². The highest BCUT2D eigenvalue weighted by Gasteiger charge is 2.29. The monoisotopic (exact) mass is 436 g/mol. The lowest BCUT2D eigenvalue weighted by Gasteiger charge is -2.39. The Bertz CT molecular complexity index is 1070. The number of likely N-dealkylation sites (tertiary alicyclic amines) is 1. The molecule has 3 heterocycles. The predicted octanol–water partition coefficient (Wildman–Crippen LogP) is 0.389. The fourth-order valence-electron chi connectivity index (χ4n) is 3.37. The summed E-state index contributed by atoms with van der Waals surface area (Å²) in [6, 6.07) is 11.2. The van der Waals surface area contributed by atoms with Crippen LogP contribution in [0.1, 0.15) is 35.9 Å². The van der Waals surface area contributed by atoms with Crippen molar-refractivity contribution in [3.8, 4) is 17.6 Å². The molecule has 1 fully saturated rings. The van der Waals surface area contributed by atoms with E-state index in [1.807, 2.05) is 4.90 Å². The molecule has 1 aromatic carbocycles. The number of rotatable bonds is 8. The molecule has 0 saturated carbocycles. The lowest BCUT2D eigenvalue weighted by atomic mass is 10.1. The summed E-state index contributed by atoms with van der Waals surface area (Å²) in [4.78, 5) is 6.15. The Balaban J connectivity index is 1.29. The van der Waals surface area contributed by atoms with Gasteiger partial charge in [-0.15, -0.1) is 0 Å². The number of β-amino-alcohol motifs (C(OH)–C–C–N with tert-alkyl or cyclic N) is 1. The number of hydrogen-bond acceptors (Lipinski definition) is 8. The molecular weight excluding hydrogens is 412 g/mol. The molecule has 9 heteroatoms. The fraction of sp³-hybridized carbons (Fsp3) is 0.391.